The van der Waals surface area contributed by atoms with Gasteiger partial charge in [0.05, 0.1) is 11.6 Å². The number of methoxy groups -OCH3 is 1. The number of aromatic hydroxyl groups is 1. The predicted molar refractivity (Wildman–Crippen MR) is 97.6 cm³/mol. The van der Waals surface area contributed by atoms with E-state index < -0.39 is 5.91 Å². The number of phenolic OH excluding ortho intramolecular Hbond substituents is 1. The van der Waals surface area contributed by atoms with Crippen LogP contribution >= 0.6 is 31.9 Å². The van der Waals surface area contributed by atoms with Crippen molar-refractivity contribution < 1.29 is 14.6 Å². The number of benzene rings is 2. The topological polar surface area (TPSA) is 96.4 Å². The van der Waals surface area contributed by atoms with E-state index in [2.05, 4.69) is 31.9 Å². The second-order valence-electron chi connectivity index (χ2n) is 4.47. The Morgan fingerprint density at radius 1 is 1.35 bits per heavy atom. The molecule has 0 spiro atoms. The van der Waals surface area contributed by atoms with Gasteiger partial charge >= 0.3 is 0 Å². The van der Waals surface area contributed by atoms with E-state index in [0.29, 0.717) is 21.3 Å². The molecule has 2 aromatic carbocycles. The summed E-state index contributed by atoms with van der Waals surface area (Å²) < 4.78 is 6.45. The van der Waals surface area contributed by atoms with Crippen molar-refractivity contribution in [3.8, 4) is 11.5 Å². The molecule has 5 nitrogen and oxygen atoms in total. The van der Waals surface area contributed by atoms with Crippen molar-refractivity contribution in [1.29, 1.82) is 5.41 Å². The third kappa shape index (κ3) is 5.07. The van der Waals surface area contributed by atoms with Crippen LogP contribution in [0.4, 0.5) is 0 Å². The van der Waals surface area contributed by atoms with Gasteiger partial charge in [0.2, 0.25) is 5.91 Å². The van der Waals surface area contributed by atoms with Gasteiger partial charge in [-0.2, -0.15) is 0 Å². The number of ether oxygens (including phenoxy) is 1. The fourth-order valence-electron chi connectivity index (χ4n) is 1.80. The number of nitrogens with two attached hydrogens (primary N) is 1. The van der Waals surface area contributed by atoms with Crippen molar-refractivity contribution in [1.82, 2.24) is 0 Å². The van der Waals surface area contributed by atoms with Gasteiger partial charge in [0.1, 0.15) is 11.5 Å². The van der Waals surface area contributed by atoms with Crippen LogP contribution in [0, 0.1) is 12.3 Å². The molecule has 2 aromatic rings. The van der Waals surface area contributed by atoms with Crippen LogP contribution in [0.5, 0.6) is 11.5 Å². The van der Waals surface area contributed by atoms with Crippen LogP contribution in [-0.4, -0.2) is 24.3 Å². The summed E-state index contributed by atoms with van der Waals surface area (Å²) in [7, 11) is 1.56. The van der Waals surface area contributed by atoms with Crippen LogP contribution in [0.2, 0.25) is 0 Å². The standard InChI is InChI=1S/C9H11NO2.C7H5Br2NO/c1-6-7(9(10)11)4-3-5-8(6)12-2;8-5-1-4(3-10)7(11)6(9)2-5/h3-5H,1-2H3,(H2,10,11);1-3,10-11H. The fraction of sp³-hybridized carbons (Fsp3) is 0.125. The average molecular weight is 444 g/mol. The van der Waals surface area contributed by atoms with Gasteiger partial charge in [0.15, 0.2) is 0 Å². The molecule has 0 aliphatic rings. The Hall–Kier alpha value is -1.86. The van der Waals surface area contributed by atoms with E-state index in [9.17, 15) is 9.90 Å². The Labute approximate surface area is 151 Å². The maximum atomic E-state index is 10.9. The van der Waals surface area contributed by atoms with Crippen molar-refractivity contribution in [2.45, 2.75) is 6.92 Å². The highest BCUT2D eigenvalue weighted by Crippen LogP contribution is 2.30. The van der Waals surface area contributed by atoms with Crippen molar-refractivity contribution in [3.63, 3.8) is 0 Å². The number of carbonyl (C=O) groups is 1. The maximum Gasteiger partial charge on any atom is 0.249 e. The molecule has 23 heavy (non-hydrogen) atoms. The Morgan fingerprint density at radius 3 is 2.52 bits per heavy atom. The van der Waals surface area contributed by atoms with E-state index in [1.54, 1.807) is 44.4 Å². The zero-order chi connectivity index (χ0) is 17.6. The fourth-order valence-corrected chi connectivity index (χ4v) is 3.06. The lowest BCUT2D eigenvalue weighted by atomic mass is 10.1. The van der Waals surface area contributed by atoms with Gasteiger partial charge in [-0.15, -0.1) is 0 Å². The highest BCUT2D eigenvalue weighted by atomic mass is 79.9. The first kappa shape index (κ1) is 19.2. The summed E-state index contributed by atoms with van der Waals surface area (Å²) >= 11 is 6.40. The van der Waals surface area contributed by atoms with Gasteiger partial charge in [-0.3, -0.25) is 4.79 Å². The summed E-state index contributed by atoms with van der Waals surface area (Å²) in [6.07, 6.45) is 1.10. The molecule has 0 heterocycles. The molecule has 122 valence electrons. The summed E-state index contributed by atoms with van der Waals surface area (Å²) in [4.78, 5) is 10.9. The number of hydrogen-bond donors (Lipinski definition) is 3. The molecule has 0 radical (unpaired) electrons. The molecule has 4 N–H and O–H groups in total. The predicted octanol–water partition coefficient (Wildman–Crippen LogP) is 4.02. The molecule has 2 rings (SSSR count). The van der Waals surface area contributed by atoms with Crippen molar-refractivity contribution in [3.05, 3.63) is 56.0 Å². The maximum absolute atomic E-state index is 10.9. The molecule has 0 fully saturated rings. The average Bonchev–Trinajstić information content (AvgIpc) is 2.51. The largest absolute Gasteiger partial charge is 0.506 e. The van der Waals surface area contributed by atoms with Crippen LogP contribution in [0.1, 0.15) is 21.5 Å². The van der Waals surface area contributed by atoms with Crippen LogP contribution in [0.25, 0.3) is 0 Å². The summed E-state index contributed by atoms with van der Waals surface area (Å²) in [5.74, 6) is 0.362. The molecule has 0 aliphatic heterocycles. The highest BCUT2D eigenvalue weighted by molar-refractivity contribution is 9.11. The number of rotatable bonds is 3. The van der Waals surface area contributed by atoms with Gasteiger partial charge in [0.25, 0.3) is 0 Å². The molecule has 1 amide bonds. The minimum atomic E-state index is -0.425. The number of carbonyl (C=O) groups excluding carboxylic acids is 1. The first-order chi connectivity index (χ1) is 10.8. The van der Waals surface area contributed by atoms with E-state index in [0.717, 1.165) is 16.3 Å². The third-order valence-electron chi connectivity index (χ3n) is 2.98. The smallest absolute Gasteiger partial charge is 0.249 e. The number of phenols is 1. The lowest BCUT2D eigenvalue weighted by molar-refractivity contribution is 0.0999. The number of hydrogen-bond acceptors (Lipinski definition) is 4. The summed E-state index contributed by atoms with van der Waals surface area (Å²) in [5, 5.41) is 16.3. The zero-order valence-corrected chi connectivity index (χ0v) is 15.7. The normalized spacial score (nSPS) is 9.57. The Morgan fingerprint density at radius 2 is 2.00 bits per heavy atom. The van der Waals surface area contributed by atoms with Gasteiger partial charge in [-0.1, -0.05) is 22.0 Å². The SMILES string of the molecule is COc1cccc(C(N)=O)c1C.N=Cc1cc(Br)cc(Br)c1O. The van der Waals surface area contributed by atoms with Gasteiger partial charge in [0, 0.05) is 27.4 Å². The number of nitrogens with one attached hydrogen (secondary N) is 1. The summed E-state index contributed by atoms with van der Waals surface area (Å²) in [5.41, 5.74) is 6.93. The van der Waals surface area contributed by atoms with Crippen LogP contribution in [0.15, 0.2) is 39.3 Å². The Bertz CT molecular complexity index is 734. The van der Waals surface area contributed by atoms with Crippen LogP contribution in [0.3, 0.4) is 0 Å². The molecule has 0 unspecified atom stereocenters. The first-order valence-corrected chi connectivity index (χ1v) is 8.02. The van der Waals surface area contributed by atoms with E-state index in [-0.39, 0.29) is 5.75 Å². The molecule has 0 aliphatic carbocycles. The Balaban J connectivity index is 0.000000231. The molecule has 0 atom stereocenters. The second-order valence-corrected chi connectivity index (χ2v) is 6.24. The minimum absolute atomic E-state index is 0.100. The lowest BCUT2D eigenvalue weighted by Crippen LogP contribution is -2.12. The molecule has 0 bridgehead atoms. The molecule has 0 saturated carbocycles. The van der Waals surface area contributed by atoms with Gasteiger partial charge in [-0.05, 0) is 47.1 Å². The molecule has 0 saturated heterocycles. The molecular formula is C16H16Br2N2O3. The molecule has 0 aromatic heterocycles. The number of primary amides is 1. The first-order valence-electron chi connectivity index (χ1n) is 6.43. The van der Waals surface area contributed by atoms with Crippen LogP contribution in [-0.2, 0) is 0 Å². The molecular weight excluding hydrogens is 428 g/mol. The minimum Gasteiger partial charge on any atom is -0.506 e. The van der Waals surface area contributed by atoms with E-state index in [4.69, 9.17) is 15.9 Å². The quantitative estimate of drug-likeness (QED) is 0.625. The third-order valence-corrected chi connectivity index (χ3v) is 4.04. The number of amides is 1. The number of halogens is 2. The van der Waals surface area contributed by atoms with Gasteiger partial charge < -0.3 is 21.0 Å². The monoisotopic (exact) mass is 442 g/mol. The van der Waals surface area contributed by atoms with E-state index in [1.165, 1.54) is 0 Å². The zero-order valence-electron chi connectivity index (χ0n) is 12.6. The van der Waals surface area contributed by atoms with E-state index in [1.807, 2.05) is 0 Å². The van der Waals surface area contributed by atoms with Crippen LogP contribution < -0.4 is 10.5 Å². The Kier molecular flexibility index (Phi) is 7.25. The second kappa shape index (κ2) is 8.69. The van der Waals surface area contributed by atoms with Crippen molar-refractivity contribution in [2.75, 3.05) is 7.11 Å². The summed E-state index contributed by atoms with van der Waals surface area (Å²) in [6, 6.07) is 8.61. The lowest BCUT2D eigenvalue weighted by Gasteiger charge is -2.06. The summed E-state index contributed by atoms with van der Waals surface area (Å²) in [6.45, 7) is 1.80. The van der Waals surface area contributed by atoms with Gasteiger partial charge in [-0.25, -0.2) is 0 Å². The highest BCUT2D eigenvalue weighted by Gasteiger charge is 2.07. The van der Waals surface area contributed by atoms with Crippen molar-refractivity contribution >= 4 is 44.0 Å². The molecule has 7 heteroatoms. The van der Waals surface area contributed by atoms with Crippen molar-refractivity contribution in [2.24, 2.45) is 5.73 Å². The van der Waals surface area contributed by atoms with E-state index >= 15 is 0 Å².